The fraction of sp³-hybridized carbons (Fsp3) is 0.588. The van der Waals surface area contributed by atoms with Crippen LogP contribution >= 0.6 is 0 Å². The molecule has 1 aliphatic rings. The van der Waals surface area contributed by atoms with Gasteiger partial charge in [0.15, 0.2) is 5.78 Å². The lowest BCUT2D eigenvalue weighted by atomic mass is 10.1. The van der Waals surface area contributed by atoms with Crippen LogP contribution in [0.25, 0.3) is 0 Å². The van der Waals surface area contributed by atoms with E-state index in [1.165, 1.54) is 31.4 Å². The highest BCUT2D eigenvalue weighted by Crippen LogP contribution is 2.27. The Morgan fingerprint density at radius 1 is 1.35 bits per heavy atom. The smallest absolute Gasteiger partial charge is 0.164 e. The number of ketones is 1. The SMILES string of the molecule is CC(C)CCN(CCC(=O)c1cccc(F)c1)C1CC1. The molecular weight excluding hydrogens is 253 g/mol. The van der Waals surface area contributed by atoms with Crippen molar-refractivity contribution < 1.29 is 9.18 Å². The highest BCUT2D eigenvalue weighted by molar-refractivity contribution is 5.96. The average Bonchev–Trinajstić information content (AvgIpc) is 3.22. The molecule has 2 rings (SSSR count). The molecule has 20 heavy (non-hydrogen) atoms. The van der Waals surface area contributed by atoms with Crippen molar-refractivity contribution >= 4 is 5.78 Å². The Bertz CT molecular complexity index is 454. The Labute approximate surface area is 121 Å². The molecule has 0 atom stereocenters. The first-order valence-electron chi connectivity index (χ1n) is 7.59. The predicted octanol–water partition coefficient (Wildman–Crippen LogP) is 3.91. The molecule has 1 fully saturated rings. The normalized spacial score (nSPS) is 15.1. The minimum absolute atomic E-state index is 0.0414. The van der Waals surface area contributed by atoms with Crippen molar-refractivity contribution in [3.8, 4) is 0 Å². The van der Waals surface area contributed by atoms with Crippen LogP contribution in [0.2, 0.25) is 0 Å². The van der Waals surface area contributed by atoms with E-state index >= 15 is 0 Å². The summed E-state index contributed by atoms with van der Waals surface area (Å²) in [4.78, 5) is 14.5. The van der Waals surface area contributed by atoms with E-state index in [-0.39, 0.29) is 11.6 Å². The van der Waals surface area contributed by atoms with E-state index in [9.17, 15) is 9.18 Å². The molecule has 0 heterocycles. The number of hydrogen-bond acceptors (Lipinski definition) is 2. The van der Waals surface area contributed by atoms with Gasteiger partial charge in [-0.1, -0.05) is 26.0 Å². The van der Waals surface area contributed by atoms with Gasteiger partial charge >= 0.3 is 0 Å². The van der Waals surface area contributed by atoms with Gasteiger partial charge in [0, 0.05) is 24.6 Å². The molecule has 0 saturated heterocycles. The molecule has 1 aliphatic carbocycles. The maximum absolute atomic E-state index is 13.1. The first-order valence-corrected chi connectivity index (χ1v) is 7.59. The lowest BCUT2D eigenvalue weighted by molar-refractivity contribution is 0.0960. The number of carbonyl (C=O) groups is 1. The van der Waals surface area contributed by atoms with Crippen LogP contribution in [-0.4, -0.2) is 29.8 Å². The molecule has 0 N–H and O–H groups in total. The number of Topliss-reactive ketones (excluding diaryl/α,β-unsaturated/α-hetero) is 1. The van der Waals surface area contributed by atoms with Gasteiger partial charge in [-0.3, -0.25) is 9.69 Å². The summed E-state index contributed by atoms with van der Waals surface area (Å²) in [5, 5.41) is 0. The highest BCUT2D eigenvalue weighted by Gasteiger charge is 2.28. The molecule has 0 aromatic heterocycles. The van der Waals surface area contributed by atoms with Crippen LogP contribution in [0.15, 0.2) is 24.3 Å². The minimum atomic E-state index is -0.338. The molecule has 0 spiro atoms. The zero-order valence-electron chi connectivity index (χ0n) is 12.4. The molecule has 0 aliphatic heterocycles. The predicted molar refractivity (Wildman–Crippen MR) is 79.4 cm³/mol. The number of nitrogens with zero attached hydrogens (tertiary/aromatic N) is 1. The molecule has 0 unspecified atom stereocenters. The molecule has 110 valence electrons. The van der Waals surface area contributed by atoms with Crippen LogP contribution in [0, 0.1) is 11.7 Å². The topological polar surface area (TPSA) is 20.3 Å². The third kappa shape index (κ3) is 4.71. The average molecular weight is 277 g/mol. The number of halogens is 1. The van der Waals surface area contributed by atoms with Crippen molar-refractivity contribution in [3.63, 3.8) is 0 Å². The molecule has 1 aromatic rings. The maximum Gasteiger partial charge on any atom is 0.164 e. The molecule has 3 heteroatoms. The third-order valence-corrected chi connectivity index (χ3v) is 3.83. The summed E-state index contributed by atoms with van der Waals surface area (Å²) in [5.74, 6) is 0.393. The Kier molecular flexibility index (Phi) is 5.30. The second kappa shape index (κ2) is 6.98. The van der Waals surface area contributed by atoms with Crippen LogP contribution in [0.4, 0.5) is 4.39 Å². The lowest BCUT2D eigenvalue weighted by Gasteiger charge is -2.22. The van der Waals surface area contributed by atoms with E-state index in [0.29, 0.717) is 23.9 Å². The molecule has 1 saturated carbocycles. The summed E-state index contributed by atoms with van der Waals surface area (Å²) in [6.45, 7) is 6.32. The molecule has 2 nitrogen and oxygen atoms in total. The van der Waals surface area contributed by atoms with Gasteiger partial charge in [-0.25, -0.2) is 4.39 Å². The summed E-state index contributed by atoms with van der Waals surface area (Å²) in [5.41, 5.74) is 0.490. The van der Waals surface area contributed by atoms with Gasteiger partial charge in [0.05, 0.1) is 0 Å². The van der Waals surface area contributed by atoms with Gasteiger partial charge in [-0.05, 0) is 43.9 Å². The first kappa shape index (κ1) is 15.2. The van der Waals surface area contributed by atoms with Crippen molar-refractivity contribution in [2.45, 2.75) is 45.6 Å². The largest absolute Gasteiger partial charge is 0.300 e. The van der Waals surface area contributed by atoms with Crippen LogP contribution in [-0.2, 0) is 0 Å². The molecule has 0 amide bonds. The summed E-state index contributed by atoms with van der Waals surface area (Å²) in [6, 6.07) is 6.67. The molecule has 0 radical (unpaired) electrons. The summed E-state index contributed by atoms with van der Waals surface area (Å²) < 4.78 is 13.1. The van der Waals surface area contributed by atoms with Crippen molar-refractivity contribution in [2.24, 2.45) is 5.92 Å². The van der Waals surface area contributed by atoms with E-state index in [1.807, 2.05) is 0 Å². The second-order valence-corrected chi connectivity index (χ2v) is 6.13. The van der Waals surface area contributed by atoms with Gasteiger partial charge in [0.2, 0.25) is 0 Å². The van der Waals surface area contributed by atoms with Crippen LogP contribution in [0.5, 0.6) is 0 Å². The molecule has 1 aromatic carbocycles. The lowest BCUT2D eigenvalue weighted by Crippen LogP contribution is -2.30. The maximum atomic E-state index is 13.1. The molecule has 0 bridgehead atoms. The van der Waals surface area contributed by atoms with E-state index < -0.39 is 0 Å². The Morgan fingerprint density at radius 2 is 2.10 bits per heavy atom. The van der Waals surface area contributed by atoms with Gasteiger partial charge in [0.25, 0.3) is 0 Å². The van der Waals surface area contributed by atoms with E-state index in [0.717, 1.165) is 13.1 Å². The standard InChI is InChI=1S/C17H24FNO/c1-13(2)8-10-19(16-6-7-16)11-9-17(20)14-4-3-5-15(18)12-14/h3-5,12-13,16H,6-11H2,1-2H3. The van der Waals surface area contributed by atoms with E-state index in [4.69, 9.17) is 0 Å². The van der Waals surface area contributed by atoms with Crippen molar-refractivity contribution in [2.75, 3.05) is 13.1 Å². The quantitative estimate of drug-likeness (QED) is 0.671. The minimum Gasteiger partial charge on any atom is -0.300 e. The number of hydrogen-bond donors (Lipinski definition) is 0. The van der Waals surface area contributed by atoms with Crippen LogP contribution in [0.3, 0.4) is 0 Å². The Balaban J connectivity index is 1.84. The Morgan fingerprint density at radius 3 is 2.70 bits per heavy atom. The van der Waals surface area contributed by atoms with Crippen LogP contribution in [0.1, 0.15) is 49.9 Å². The van der Waals surface area contributed by atoms with Gasteiger partial charge in [-0.15, -0.1) is 0 Å². The van der Waals surface area contributed by atoms with Crippen molar-refractivity contribution in [1.29, 1.82) is 0 Å². The highest BCUT2D eigenvalue weighted by atomic mass is 19.1. The second-order valence-electron chi connectivity index (χ2n) is 6.13. The van der Waals surface area contributed by atoms with E-state index in [2.05, 4.69) is 18.7 Å². The zero-order chi connectivity index (χ0) is 14.5. The molecular formula is C17H24FNO. The van der Waals surface area contributed by atoms with Gasteiger partial charge in [-0.2, -0.15) is 0 Å². The fourth-order valence-electron chi connectivity index (χ4n) is 2.39. The van der Waals surface area contributed by atoms with Crippen molar-refractivity contribution in [3.05, 3.63) is 35.6 Å². The van der Waals surface area contributed by atoms with Gasteiger partial charge < -0.3 is 0 Å². The Hall–Kier alpha value is -1.22. The monoisotopic (exact) mass is 277 g/mol. The van der Waals surface area contributed by atoms with Crippen LogP contribution < -0.4 is 0 Å². The number of rotatable bonds is 8. The summed E-state index contributed by atoms with van der Waals surface area (Å²) >= 11 is 0. The first-order chi connectivity index (χ1) is 9.56. The van der Waals surface area contributed by atoms with Crippen molar-refractivity contribution in [1.82, 2.24) is 4.90 Å². The number of carbonyl (C=O) groups excluding carboxylic acids is 1. The van der Waals surface area contributed by atoms with E-state index in [1.54, 1.807) is 12.1 Å². The summed E-state index contributed by atoms with van der Waals surface area (Å²) in [6.07, 6.45) is 4.17. The summed E-state index contributed by atoms with van der Waals surface area (Å²) in [7, 11) is 0. The zero-order valence-corrected chi connectivity index (χ0v) is 12.4. The van der Waals surface area contributed by atoms with Gasteiger partial charge in [0.1, 0.15) is 5.82 Å². The third-order valence-electron chi connectivity index (χ3n) is 3.83. The fourth-order valence-corrected chi connectivity index (χ4v) is 2.39. The number of benzene rings is 1.